The molecule has 1 atom stereocenters. The Hall–Kier alpha value is -3.15. The van der Waals surface area contributed by atoms with E-state index in [9.17, 15) is 14.4 Å². The van der Waals surface area contributed by atoms with Crippen LogP contribution in [-0.2, 0) is 28.6 Å². The third-order valence-corrected chi connectivity index (χ3v) is 11.7. The van der Waals surface area contributed by atoms with Crippen molar-refractivity contribution in [3.8, 4) is 0 Å². The molecule has 0 aromatic carbocycles. The van der Waals surface area contributed by atoms with Gasteiger partial charge < -0.3 is 14.2 Å². The maximum atomic E-state index is 12.8. The predicted octanol–water partition coefficient (Wildman–Crippen LogP) is 18.2. The van der Waals surface area contributed by atoms with E-state index in [1.807, 2.05) is 0 Å². The number of esters is 3. The lowest BCUT2D eigenvalue weighted by atomic mass is 10.0. The number of unbranched alkanes of at least 4 members (excludes halogenated alkanes) is 26. The molecule has 0 rings (SSSR count). The Morgan fingerprint density at radius 1 is 0.323 bits per heavy atom. The van der Waals surface area contributed by atoms with E-state index in [1.54, 1.807) is 0 Å². The molecule has 0 bridgehead atoms. The van der Waals surface area contributed by atoms with Crippen molar-refractivity contribution < 1.29 is 28.6 Å². The molecule has 0 amide bonds. The standard InChI is InChI=1S/C59H102O6/c1-4-7-10-13-16-19-22-25-28-30-32-34-37-40-43-46-49-52-58(61)64-55-56(54-63-57(60)51-48-45-42-39-36-33-27-24-21-18-15-12-9-6-3)65-59(62)53-50-47-44-41-38-35-31-29-26-23-20-17-14-11-8-5-2/h8-9,11-12,17-18,20-21,26-27,29,33,56H,4-7,10,13-16,19,22-25,28,30-32,34-55H2,1-3H3/b11-8-,12-9-,20-17-,21-18-,29-26-,33-27-. The van der Waals surface area contributed by atoms with Gasteiger partial charge in [0.15, 0.2) is 6.10 Å². The number of ether oxygens (including phenoxy) is 3. The van der Waals surface area contributed by atoms with Crippen molar-refractivity contribution in [1.82, 2.24) is 0 Å². The maximum absolute atomic E-state index is 12.8. The van der Waals surface area contributed by atoms with E-state index in [0.29, 0.717) is 19.3 Å². The van der Waals surface area contributed by atoms with Crippen LogP contribution in [0.1, 0.15) is 265 Å². The van der Waals surface area contributed by atoms with Crippen molar-refractivity contribution in [3.63, 3.8) is 0 Å². The molecular formula is C59H102O6. The highest BCUT2D eigenvalue weighted by atomic mass is 16.6. The van der Waals surface area contributed by atoms with Crippen LogP contribution in [-0.4, -0.2) is 37.2 Å². The van der Waals surface area contributed by atoms with E-state index in [2.05, 4.69) is 93.7 Å². The number of carbonyl (C=O) groups is 3. The molecule has 0 aliphatic heterocycles. The first kappa shape index (κ1) is 61.9. The van der Waals surface area contributed by atoms with Crippen LogP contribution in [0.15, 0.2) is 72.9 Å². The number of rotatable bonds is 49. The molecule has 0 aliphatic carbocycles. The normalized spacial score (nSPS) is 12.6. The van der Waals surface area contributed by atoms with Crippen molar-refractivity contribution in [3.05, 3.63) is 72.9 Å². The minimum Gasteiger partial charge on any atom is -0.462 e. The smallest absolute Gasteiger partial charge is 0.306 e. The molecule has 6 nitrogen and oxygen atoms in total. The second-order valence-corrected chi connectivity index (χ2v) is 18.1. The van der Waals surface area contributed by atoms with Crippen LogP contribution in [0.4, 0.5) is 0 Å². The lowest BCUT2D eigenvalue weighted by Crippen LogP contribution is -2.30. The van der Waals surface area contributed by atoms with Gasteiger partial charge in [-0.15, -0.1) is 0 Å². The first-order chi connectivity index (χ1) is 32.0. The quantitative estimate of drug-likeness (QED) is 0.0262. The van der Waals surface area contributed by atoms with Crippen LogP contribution in [0.5, 0.6) is 0 Å². The van der Waals surface area contributed by atoms with Crippen LogP contribution < -0.4 is 0 Å². The van der Waals surface area contributed by atoms with E-state index in [-0.39, 0.29) is 31.1 Å². The SMILES string of the molecule is CC/C=C\C/C=C\C/C=C\CCCCCCCCC(=O)OC(COC(=O)CCCCCC/C=C\C/C=C\C/C=C\CC)COC(=O)CCCCCCCCCCCCCCCCCCC. The fourth-order valence-corrected chi connectivity index (χ4v) is 7.65. The molecule has 0 fully saturated rings. The molecular weight excluding hydrogens is 805 g/mol. The number of hydrogen-bond donors (Lipinski definition) is 0. The van der Waals surface area contributed by atoms with E-state index >= 15 is 0 Å². The number of allylic oxidation sites excluding steroid dienone is 12. The highest BCUT2D eigenvalue weighted by Crippen LogP contribution is 2.16. The first-order valence-electron chi connectivity index (χ1n) is 27.4. The van der Waals surface area contributed by atoms with Gasteiger partial charge in [0.2, 0.25) is 0 Å². The fourth-order valence-electron chi connectivity index (χ4n) is 7.65. The summed E-state index contributed by atoms with van der Waals surface area (Å²) >= 11 is 0. The van der Waals surface area contributed by atoms with E-state index in [4.69, 9.17) is 14.2 Å². The number of hydrogen-bond acceptors (Lipinski definition) is 6. The van der Waals surface area contributed by atoms with Crippen LogP contribution in [0.3, 0.4) is 0 Å². The average molecular weight is 907 g/mol. The summed E-state index contributed by atoms with van der Waals surface area (Å²) in [5.74, 6) is -0.915. The molecule has 0 N–H and O–H groups in total. The van der Waals surface area contributed by atoms with E-state index < -0.39 is 6.10 Å². The molecule has 0 aromatic rings. The summed E-state index contributed by atoms with van der Waals surface area (Å²) in [7, 11) is 0. The zero-order chi connectivity index (χ0) is 47.2. The van der Waals surface area contributed by atoms with Gasteiger partial charge in [-0.1, -0.05) is 235 Å². The monoisotopic (exact) mass is 907 g/mol. The first-order valence-corrected chi connectivity index (χ1v) is 27.4. The Morgan fingerprint density at radius 3 is 0.938 bits per heavy atom. The summed E-state index contributed by atoms with van der Waals surface area (Å²) in [6.07, 6.45) is 67.4. The second kappa shape index (κ2) is 53.5. The van der Waals surface area contributed by atoms with Crippen molar-refractivity contribution in [2.24, 2.45) is 0 Å². The largest absolute Gasteiger partial charge is 0.462 e. The Labute approximate surface area is 402 Å². The van der Waals surface area contributed by atoms with Gasteiger partial charge in [-0.3, -0.25) is 14.4 Å². The second-order valence-electron chi connectivity index (χ2n) is 18.1. The number of carbonyl (C=O) groups excluding carboxylic acids is 3. The third kappa shape index (κ3) is 51.7. The van der Waals surface area contributed by atoms with Gasteiger partial charge >= 0.3 is 17.9 Å². The van der Waals surface area contributed by atoms with Crippen LogP contribution in [0.2, 0.25) is 0 Å². The summed E-state index contributed by atoms with van der Waals surface area (Å²) in [6.45, 7) is 6.40. The molecule has 0 aromatic heterocycles. The van der Waals surface area contributed by atoms with Gasteiger partial charge in [0.05, 0.1) is 0 Å². The Morgan fingerprint density at radius 2 is 0.600 bits per heavy atom. The summed E-state index contributed by atoms with van der Waals surface area (Å²) in [5.41, 5.74) is 0. The lowest BCUT2D eigenvalue weighted by Gasteiger charge is -2.18. The fraction of sp³-hybridized carbons (Fsp3) is 0.746. The van der Waals surface area contributed by atoms with Crippen LogP contribution >= 0.6 is 0 Å². The highest BCUT2D eigenvalue weighted by molar-refractivity contribution is 5.71. The topological polar surface area (TPSA) is 78.9 Å². The van der Waals surface area contributed by atoms with Crippen LogP contribution in [0.25, 0.3) is 0 Å². The van der Waals surface area contributed by atoms with Gasteiger partial charge in [-0.25, -0.2) is 0 Å². The van der Waals surface area contributed by atoms with Gasteiger partial charge in [0.1, 0.15) is 13.2 Å². The molecule has 374 valence electrons. The molecule has 0 radical (unpaired) electrons. The van der Waals surface area contributed by atoms with Gasteiger partial charge in [-0.2, -0.15) is 0 Å². The highest BCUT2D eigenvalue weighted by Gasteiger charge is 2.19. The Balaban J connectivity index is 4.41. The lowest BCUT2D eigenvalue weighted by molar-refractivity contribution is -0.167. The summed E-state index contributed by atoms with van der Waals surface area (Å²) in [6, 6.07) is 0. The average Bonchev–Trinajstić information content (AvgIpc) is 3.30. The maximum Gasteiger partial charge on any atom is 0.306 e. The zero-order valence-corrected chi connectivity index (χ0v) is 42.7. The van der Waals surface area contributed by atoms with Crippen molar-refractivity contribution >= 4 is 17.9 Å². The third-order valence-electron chi connectivity index (χ3n) is 11.7. The summed E-state index contributed by atoms with van der Waals surface area (Å²) in [5, 5.41) is 0. The van der Waals surface area contributed by atoms with Gasteiger partial charge in [0, 0.05) is 19.3 Å². The minimum atomic E-state index is -0.790. The molecule has 6 heteroatoms. The van der Waals surface area contributed by atoms with E-state index in [0.717, 1.165) is 122 Å². The van der Waals surface area contributed by atoms with Gasteiger partial charge in [-0.05, 0) is 83.5 Å². The summed E-state index contributed by atoms with van der Waals surface area (Å²) in [4.78, 5) is 38.1. The molecule has 65 heavy (non-hydrogen) atoms. The predicted molar refractivity (Wildman–Crippen MR) is 279 cm³/mol. The van der Waals surface area contributed by atoms with Crippen molar-refractivity contribution in [2.75, 3.05) is 13.2 Å². The molecule has 0 heterocycles. The van der Waals surface area contributed by atoms with Gasteiger partial charge in [0.25, 0.3) is 0 Å². The van der Waals surface area contributed by atoms with Crippen molar-refractivity contribution in [2.45, 2.75) is 271 Å². The molecule has 0 spiro atoms. The Kier molecular flexibility index (Phi) is 50.9. The summed E-state index contributed by atoms with van der Waals surface area (Å²) < 4.78 is 16.8. The molecule has 0 saturated carbocycles. The minimum absolute atomic E-state index is 0.0862. The Bertz CT molecular complexity index is 1230. The van der Waals surface area contributed by atoms with Crippen molar-refractivity contribution in [1.29, 1.82) is 0 Å². The molecule has 0 saturated heterocycles. The zero-order valence-electron chi connectivity index (χ0n) is 42.7. The van der Waals surface area contributed by atoms with Crippen LogP contribution in [0, 0.1) is 0 Å². The van der Waals surface area contributed by atoms with E-state index in [1.165, 1.54) is 103 Å². The molecule has 0 aliphatic rings. The molecule has 1 unspecified atom stereocenters.